The Bertz CT molecular complexity index is 373. The lowest BCUT2D eigenvalue weighted by molar-refractivity contribution is -0.148. The molecule has 0 radical (unpaired) electrons. The minimum absolute atomic E-state index is 0.121. The Morgan fingerprint density at radius 1 is 0.826 bits per heavy atom. The van der Waals surface area contributed by atoms with E-state index in [2.05, 4.69) is 6.92 Å². The average molecular weight is 330 g/mol. The number of carbonyl (C=O) groups excluding carboxylic acids is 3. The fourth-order valence-corrected chi connectivity index (χ4v) is 1.84. The maximum Gasteiger partial charge on any atom is 0.409 e. The molecule has 0 spiro atoms. The molecule has 0 rings (SSSR count). The first-order valence-electron chi connectivity index (χ1n) is 8.19. The van der Waals surface area contributed by atoms with Crippen molar-refractivity contribution in [3.8, 4) is 0 Å². The van der Waals surface area contributed by atoms with Gasteiger partial charge in [0, 0.05) is 14.1 Å². The minimum Gasteiger partial charge on any atom is -0.464 e. The summed E-state index contributed by atoms with van der Waals surface area (Å²) in [6.45, 7) is 4.21. The van der Waals surface area contributed by atoms with E-state index in [4.69, 9.17) is 9.47 Å². The smallest absolute Gasteiger partial charge is 0.409 e. The fraction of sp³-hybridized carbons (Fsp3) is 0.812. The van der Waals surface area contributed by atoms with Crippen LogP contribution in [0.1, 0.15) is 46.0 Å². The van der Waals surface area contributed by atoms with E-state index in [0.717, 1.165) is 19.3 Å². The highest BCUT2D eigenvalue weighted by atomic mass is 16.6. The third kappa shape index (κ3) is 10.5. The molecule has 0 saturated carbocycles. The van der Waals surface area contributed by atoms with Gasteiger partial charge < -0.3 is 19.3 Å². The lowest BCUT2D eigenvalue weighted by Gasteiger charge is -2.21. The molecule has 7 heteroatoms. The van der Waals surface area contributed by atoms with Crippen LogP contribution >= 0.6 is 0 Å². The van der Waals surface area contributed by atoms with Crippen LogP contribution in [0.5, 0.6) is 0 Å². The molecule has 2 amide bonds. The number of likely N-dealkylation sites (N-methyl/N-ethyl adjacent to an activating group) is 2. The predicted octanol–water partition coefficient (Wildman–Crippen LogP) is 2.05. The highest BCUT2D eigenvalue weighted by molar-refractivity contribution is 5.85. The van der Waals surface area contributed by atoms with E-state index in [0.29, 0.717) is 6.61 Å². The molecular weight excluding hydrogens is 300 g/mol. The summed E-state index contributed by atoms with van der Waals surface area (Å²) in [5, 5.41) is 0. The molecule has 0 aliphatic rings. The van der Waals surface area contributed by atoms with Crippen LogP contribution in [0.25, 0.3) is 0 Å². The number of rotatable bonds is 11. The van der Waals surface area contributed by atoms with Crippen LogP contribution in [0.15, 0.2) is 0 Å². The number of ether oxygens (including phenoxy) is 2. The Morgan fingerprint density at radius 3 is 2.09 bits per heavy atom. The van der Waals surface area contributed by atoms with Crippen LogP contribution in [0, 0.1) is 0 Å². The molecule has 0 unspecified atom stereocenters. The molecule has 0 saturated heterocycles. The third-order valence-corrected chi connectivity index (χ3v) is 3.25. The maximum atomic E-state index is 11.9. The second-order valence-corrected chi connectivity index (χ2v) is 5.44. The average Bonchev–Trinajstić information content (AvgIpc) is 2.50. The molecule has 0 aromatic rings. The third-order valence-electron chi connectivity index (χ3n) is 3.25. The van der Waals surface area contributed by atoms with Crippen LogP contribution in [-0.4, -0.2) is 68.2 Å². The van der Waals surface area contributed by atoms with Gasteiger partial charge in [0.2, 0.25) is 5.91 Å². The highest BCUT2D eigenvalue weighted by Gasteiger charge is 2.18. The van der Waals surface area contributed by atoms with Crippen molar-refractivity contribution < 1.29 is 23.9 Å². The molecule has 0 aliphatic carbocycles. The highest BCUT2D eigenvalue weighted by Crippen LogP contribution is 2.02. The summed E-state index contributed by atoms with van der Waals surface area (Å²) in [7, 11) is 2.97. The summed E-state index contributed by atoms with van der Waals surface area (Å²) in [6.07, 6.45) is 4.83. The number of amides is 2. The zero-order valence-corrected chi connectivity index (χ0v) is 14.8. The predicted molar refractivity (Wildman–Crippen MR) is 87.0 cm³/mol. The van der Waals surface area contributed by atoms with Gasteiger partial charge in [0.25, 0.3) is 0 Å². The van der Waals surface area contributed by atoms with E-state index >= 15 is 0 Å². The van der Waals surface area contributed by atoms with E-state index in [1.54, 1.807) is 6.92 Å². The van der Waals surface area contributed by atoms with Gasteiger partial charge in [0.05, 0.1) is 13.2 Å². The Hall–Kier alpha value is -1.79. The molecule has 0 aliphatic heterocycles. The summed E-state index contributed by atoms with van der Waals surface area (Å²) < 4.78 is 9.88. The maximum absolute atomic E-state index is 11.9. The molecule has 0 aromatic carbocycles. The zero-order chi connectivity index (χ0) is 17.7. The SMILES string of the molecule is CCCCCCCOC(=O)CN(C)C(=O)CN(C)C(=O)OCC. The molecular formula is C16H30N2O5. The Morgan fingerprint density at radius 2 is 1.48 bits per heavy atom. The van der Waals surface area contributed by atoms with Gasteiger partial charge in [-0.3, -0.25) is 9.59 Å². The van der Waals surface area contributed by atoms with Crippen molar-refractivity contribution in [3.05, 3.63) is 0 Å². The Kier molecular flexibility index (Phi) is 11.7. The van der Waals surface area contributed by atoms with Crippen molar-refractivity contribution >= 4 is 18.0 Å². The molecule has 0 heterocycles. The lowest BCUT2D eigenvalue weighted by Crippen LogP contribution is -2.41. The second kappa shape index (κ2) is 12.7. The van der Waals surface area contributed by atoms with E-state index in [1.165, 1.54) is 36.7 Å². The Labute approximate surface area is 138 Å². The largest absolute Gasteiger partial charge is 0.464 e. The second-order valence-electron chi connectivity index (χ2n) is 5.44. The van der Waals surface area contributed by atoms with Gasteiger partial charge in [0.15, 0.2) is 0 Å². The molecule has 134 valence electrons. The van der Waals surface area contributed by atoms with E-state index in [9.17, 15) is 14.4 Å². The lowest BCUT2D eigenvalue weighted by atomic mass is 10.2. The molecule has 7 nitrogen and oxygen atoms in total. The van der Waals surface area contributed by atoms with E-state index in [1.807, 2.05) is 0 Å². The molecule has 23 heavy (non-hydrogen) atoms. The molecule has 0 aromatic heterocycles. The molecule has 0 N–H and O–H groups in total. The van der Waals surface area contributed by atoms with Gasteiger partial charge in [0.1, 0.15) is 13.1 Å². The van der Waals surface area contributed by atoms with Crippen LogP contribution in [-0.2, 0) is 19.1 Å². The fourth-order valence-electron chi connectivity index (χ4n) is 1.84. The van der Waals surface area contributed by atoms with Gasteiger partial charge >= 0.3 is 12.1 Å². The molecule has 0 atom stereocenters. The quantitative estimate of drug-likeness (QED) is 0.428. The van der Waals surface area contributed by atoms with Crippen molar-refractivity contribution in [1.29, 1.82) is 0 Å². The summed E-state index contributed by atoms with van der Waals surface area (Å²) in [4.78, 5) is 37.4. The first-order chi connectivity index (χ1) is 10.9. The summed E-state index contributed by atoms with van der Waals surface area (Å²) in [6, 6.07) is 0. The summed E-state index contributed by atoms with van der Waals surface area (Å²) >= 11 is 0. The number of esters is 1. The zero-order valence-electron chi connectivity index (χ0n) is 14.8. The number of hydrogen-bond acceptors (Lipinski definition) is 5. The normalized spacial score (nSPS) is 10.1. The van der Waals surface area contributed by atoms with Crippen LogP contribution in [0.2, 0.25) is 0 Å². The number of carbonyl (C=O) groups is 3. The molecule has 0 bridgehead atoms. The van der Waals surface area contributed by atoms with Gasteiger partial charge in [-0.2, -0.15) is 0 Å². The first kappa shape index (κ1) is 21.2. The van der Waals surface area contributed by atoms with E-state index < -0.39 is 12.1 Å². The van der Waals surface area contributed by atoms with Gasteiger partial charge in [-0.25, -0.2) is 4.79 Å². The number of hydrogen-bond donors (Lipinski definition) is 0. The summed E-state index contributed by atoms with van der Waals surface area (Å²) in [5.41, 5.74) is 0. The van der Waals surface area contributed by atoms with Crippen LogP contribution in [0.3, 0.4) is 0 Å². The van der Waals surface area contributed by atoms with Gasteiger partial charge in [-0.15, -0.1) is 0 Å². The van der Waals surface area contributed by atoms with Gasteiger partial charge in [-0.1, -0.05) is 32.6 Å². The van der Waals surface area contributed by atoms with Crippen LogP contribution in [0.4, 0.5) is 4.79 Å². The molecule has 0 fully saturated rings. The topological polar surface area (TPSA) is 76.2 Å². The monoisotopic (exact) mass is 330 g/mol. The van der Waals surface area contributed by atoms with Gasteiger partial charge in [-0.05, 0) is 13.3 Å². The van der Waals surface area contributed by atoms with Crippen molar-refractivity contribution in [3.63, 3.8) is 0 Å². The van der Waals surface area contributed by atoms with Crippen molar-refractivity contribution in [2.24, 2.45) is 0 Å². The van der Waals surface area contributed by atoms with E-state index in [-0.39, 0.29) is 25.6 Å². The summed E-state index contributed by atoms with van der Waals surface area (Å²) in [5.74, 6) is -0.782. The van der Waals surface area contributed by atoms with Crippen molar-refractivity contribution in [2.75, 3.05) is 40.4 Å². The van der Waals surface area contributed by atoms with Crippen molar-refractivity contribution in [1.82, 2.24) is 9.80 Å². The number of nitrogens with zero attached hydrogens (tertiary/aromatic N) is 2. The first-order valence-corrected chi connectivity index (χ1v) is 8.19. The number of unbranched alkanes of at least 4 members (excludes halogenated alkanes) is 4. The minimum atomic E-state index is -0.566. The Balaban J connectivity index is 3.93. The van der Waals surface area contributed by atoms with Crippen LogP contribution < -0.4 is 0 Å². The van der Waals surface area contributed by atoms with Crippen molar-refractivity contribution in [2.45, 2.75) is 46.0 Å². The standard InChI is InChI=1S/C16H30N2O5/c1-5-7-8-9-10-11-23-15(20)13-17(3)14(19)12-18(4)16(21)22-6-2/h5-13H2,1-4H3.